The van der Waals surface area contributed by atoms with Crippen LogP contribution in [0.2, 0.25) is 0 Å². The second-order valence-corrected chi connectivity index (χ2v) is 9.13. The van der Waals surface area contributed by atoms with Crippen LogP contribution in [-0.2, 0) is 19.3 Å². The summed E-state index contributed by atoms with van der Waals surface area (Å²) < 4.78 is 43.1. The Balaban J connectivity index is 2.48. The van der Waals surface area contributed by atoms with Gasteiger partial charge in [-0.3, -0.25) is 4.31 Å². The monoisotopic (exact) mass is 370 g/mol. The highest BCUT2D eigenvalue weighted by Gasteiger charge is 2.52. The van der Waals surface area contributed by atoms with Gasteiger partial charge in [-0.25, -0.2) is 13.4 Å². The fraction of sp³-hybridized carbons (Fsp3) is 0.688. The molecule has 0 aromatic carbocycles. The van der Waals surface area contributed by atoms with E-state index in [1.165, 1.54) is 17.7 Å². The Kier molecular flexibility index (Phi) is 5.42. The van der Waals surface area contributed by atoms with Crippen molar-refractivity contribution in [2.45, 2.75) is 52.2 Å². The molecule has 1 aromatic heterocycles. The minimum absolute atomic E-state index is 0.249. The fourth-order valence-electron chi connectivity index (χ4n) is 2.57. The highest BCUT2D eigenvalue weighted by Crippen LogP contribution is 2.37. The number of pyridine rings is 1. The maximum Gasteiger partial charge on any atom is 0.496 e. The molecule has 0 amide bonds. The molecule has 1 saturated heterocycles. The predicted octanol–water partition coefficient (Wildman–Crippen LogP) is 1.57. The first-order chi connectivity index (χ1) is 11.4. The summed E-state index contributed by atoms with van der Waals surface area (Å²) in [6.07, 6.45) is 3.43. The van der Waals surface area contributed by atoms with Crippen LogP contribution in [0.3, 0.4) is 0 Å². The van der Waals surface area contributed by atoms with Gasteiger partial charge in [-0.2, -0.15) is 0 Å². The minimum atomic E-state index is -3.47. The lowest BCUT2D eigenvalue weighted by molar-refractivity contribution is 0.00578. The van der Waals surface area contributed by atoms with Gasteiger partial charge in [0.15, 0.2) is 0 Å². The lowest BCUT2D eigenvalue weighted by Crippen LogP contribution is -2.41. The highest BCUT2D eigenvalue weighted by atomic mass is 32.2. The largest absolute Gasteiger partial charge is 0.496 e. The van der Waals surface area contributed by atoms with Crippen LogP contribution in [0.15, 0.2) is 12.3 Å². The highest BCUT2D eigenvalue weighted by molar-refractivity contribution is 7.92. The zero-order chi connectivity index (χ0) is 19.0. The summed E-state index contributed by atoms with van der Waals surface area (Å²) in [5.41, 5.74) is 0.0633. The van der Waals surface area contributed by atoms with Crippen LogP contribution in [0.5, 0.6) is 5.88 Å². The molecule has 1 aliphatic heterocycles. The molecule has 2 heterocycles. The van der Waals surface area contributed by atoms with Crippen LogP contribution in [0.25, 0.3) is 0 Å². The number of anilines is 1. The molecular formula is C16H27BN2O5S. The van der Waals surface area contributed by atoms with Crippen molar-refractivity contribution in [1.29, 1.82) is 0 Å². The number of methoxy groups -OCH3 is 1. The lowest BCUT2D eigenvalue weighted by atomic mass is 9.80. The molecule has 2 rings (SSSR count). The molecule has 0 N–H and O–H groups in total. The molecule has 0 aliphatic carbocycles. The number of hydrogen-bond donors (Lipinski definition) is 0. The third-order valence-corrected chi connectivity index (χ3v) is 5.85. The molecule has 25 heavy (non-hydrogen) atoms. The first-order valence-corrected chi connectivity index (χ1v) is 10.1. The molecule has 1 aromatic rings. The molecule has 0 atom stereocenters. The molecule has 9 heteroatoms. The summed E-state index contributed by atoms with van der Waals surface area (Å²) in [7, 11) is -2.62. The van der Waals surface area contributed by atoms with E-state index in [4.69, 9.17) is 14.0 Å². The first-order valence-electron chi connectivity index (χ1n) is 8.30. The van der Waals surface area contributed by atoms with Gasteiger partial charge >= 0.3 is 7.12 Å². The van der Waals surface area contributed by atoms with Crippen LogP contribution >= 0.6 is 0 Å². The number of hydrogen-bond acceptors (Lipinski definition) is 6. The molecule has 0 unspecified atom stereocenters. The van der Waals surface area contributed by atoms with E-state index in [-0.39, 0.29) is 5.88 Å². The summed E-state index contributed by atoms with van der Waals surface area (Å²) in [6.45, 7) is 10.1. The van der Waals surface area contributed by atoms with Gasteiger partial charge in [0, 0.05) is 18.2 Å². The van der Waals surface area contributed by atoms with Crippen LogP contribution < -0.4 is 14.5 Å². The van der Waals surface area contributed by atoms with E-state index in [1.54, 1.807) is 12.3 Å². The SMILES string of the molecule is CCCN(c1cc(B2OC(C)(C)C(C)(C)O2)cnc1OC)S(C)(=O)=O. The van der Waals surface area contributed by atoms with Crippen LogP contribution in [0, 0.1) is 0 Å². The molecule has 1 aliphatic rings. The third-order valence-electron chi connectivity index (χ3n) is 4.67. The van der Waals surface area contributed by atoms with E-state index in [9.17, 15) is 8.42 Å². The summed E-state index contributed by atoms with van der Waals surface area (Å²) in [6, 6.07) is 1.71. The maximum absolute atomic E-state index is 12.2. The Morgan fingerprint density at radius 3 is 2.24 bits per heavy atom. The van der Waals surface area contributed by atoms with Crippen molar-refractivity contribution in [2.24, 2.45) is 0 Å². The van der Waals surface area contributed by atoms with Gasteiger partial charge in [-0.05, 0) is 40.2 Å². The van der Waals surface area contributed by atoms with Crippen molar-refractivity contribution in [3.05, 3.63) is 12.3 Å². The molecule has 7 nitrogen and oxygen atoms in total. The van der Waals surface area contributed by atoms with Gasteiger partial charge in [0.25, 0.3) is 0 Å². The molecule has 0 saturated carbocycles. The smallest absolute Gasteiger partial charge is 0.479 e. The van der Waals surface area contributed by atoms with E-state index in [1.807, 2.05) is 34.6 Å². The van der Waals surface area contributed by atoms with E-state index in [0.717, 1.165) is 0 Å². The summed E-state index contributed by atoms with van der Waals surface area (Å²) in [5, 5.41) is 0. The summed E-state index contributed by atoms with van der Waals surface area (Å²) in [5.74, 6) is 0.249. The van der Waals surface area contributed by atoms with Gasteiger partial charge in [-0.15, -0.1) is 0 Å². The van der Waals surface area contributed by atoms with Crippen molar-refractivity contribution in [1.82, 2.24) is 4.98 Å². The van der Waals surface area contributed by atoms with E-state index >= 15 is 0 Å². The second-order valence-electron chi connectivity index (χ2n) is 7.22. The number of sulfonamides is 1. The number of aromatic nitrogens is 1. The summed E-state index contributed by atoms with van der Waals surface area (Å²) >= 11 is 0. The lowest BCUT2D eigenvalue weighted by Gasteiger charge is -2.32. The molecule has 0 radical (unpaired) electrons. The number of nitrogens with zero attached hydrogens (tertiary/aromatic N) is 2. The van der Waals surface area contributed by atoms with Crippen LogP contribution in [0.4, 0.5) is 5.69 Å². The Hall–Kier alpha value is -1.32. The Bertz CT molecular complexity index is 720. The maximum atomic E-state index is 12.2. The van der Waals surface area contributed by atoms with Crippen LogP contribution in [-0.4, -0.2) is 51.6 Å². The predicted molar refractivity (Wildman–Crippen MR) is 99.0 cm³/mol. The normalized spacial score (nSPS) is 19.1. The standard InChI is InChI=1S/C16H27BN2O5S/c1-8-9-19(25(7,20)21)13-10-12(11-18-14(13)22-6)17-23-15(2,3)16(4,5)24-17/h10-11H,8-9H2,1-7H3. The molecule has 0 bridgehead atoms. The Morgan fingerprint density at radius 1 is 1.24 bits per heavy atom. The van der Waals surface area contributed by atoms with Gasteiger partial charge in [0.1, 0.15) is 5.69 Å². The Labute approximate surface area is 150 Å². The van der Waals surface area contributed by atoms with E-state index in [0.29, 0.717) is 24.1 Å². The van der Waals surface area contributed by atoms with E-state index in [2.05, 4.69) is 4.98 Å². The molecule has 140 valence electrons. The van der Waals surface area contributed by atoms with E-state index < -0.39 is 28.3 Å². The zero-order valence-electron chi connectivity index (χ0n) is 16.0. The average molecular weight is 370 g/mol. The quantitative estimate of drug-likeness (QED) is 0.708. The van der Waals surface area contributed by atoms with Crippen molar-refractivity contribution in [3.8, 4) is 5.88 Å². The first kappa shape index (κ1) is 20.0. The topological polar surface area (TPSA) is 78.0 Å². The van der Waals surface area contributed by atoms with Gasteiger partial charge < -0.3 is 14.0 Å². The summed E-state index contributed by atoms with van der Waals surface area (Å²) in [4.78, 5) is 4.27. The molecular weight excluding hydrogens is 343 g/mol. The fourth-order valence-corrected chi connectivity index (χ4v) is 3.57. The van der Waals surface area contributed by atoms with Gasteiger partial charge in [0.2, 0.25) is 15.9 Å². The van der Waals surface area contributed by atoms with Crippen molar-refractivity contribution >= 4 is 28.3 Å². The van der Waals surface area contributed by atoms with Crippen LogP contribution in [0.1, 0.15) is 41.0 Å². The Morgan fingerprint density at radius 2 is 1.80 bits per heavy atom. The number of rotatable bonds is 6. The van der Waals surface area contributed by atoms with Crippen molar-refractivity contribution < 1.29 is 22.5 Å². The van der Waals surface area contributed by atoms with Gasteiger partial charge in [-0.1, -0.05) is 6.92 Å². The third kappa shape index (κ3) is 3.93. The molecule has 0 spiro atoms. The minimum Gasteiger partial charge on any atom is -0.479 e. The number of ether oxygens (including phenoxy) is 1. The average Bonchev–Trinajstić information content (AvgIpc) is 2.71. The van der Waals surface area contributed by atoms with Crippen molar-refractivity contribution in [3.63, 3.8) is 0 Å². The zero-order valence-corrected chi connectivity index (χ0v) is 16.8. The van der Waals surface area contributed by atoms with Crippen molar-refractivity contribution in [2.75, 3.05) is 24.2 Å². The molecule has 1 fully saturated rings. The van der Waals surface area contributed by atoms with Gasteiger partial charge in [0.05, 0.1) is 24.6 Å². The second kappa shape index (κ2) is 6.77.